The molecule has 3 unspecified atom stereocenters. The van der Waals surface area contributed by atoms with Crippen molar-refractivity contribution in [3.8, 4) is 0 Å². The van der Waals surface area contributed by atoms with Gasteiger partial charge in [-0.3, -0.25) is 0 Å². The van der Waals surface area contributed by atoms with E-state index in [1.165, 1.54) is 0 Å². The average Bonchev–Trinajstić information content (AvgIpc) is 2.75. The third-order valence-corrected chi connectivity index (χ3v) is 4.11. The van der Waals surface area contributed by atoms with E-state index in [2.05, 4.69) is 18.9 Å². The van der Waals surface area contributed by atoms with E-state index in [-0.39, 0.29) is 6.61 Å². The fourth-order valence-electron chi connectivity index (χ4n) is 2.51. The first-order valence-corrected chi connectivity index (χ1v) is 6.74. The number of nitrogens with zero attached hydrogens (tertiary/aromatic N) is 1. The molecule has 4 nitrogen and oxygen atoms in total. The van der Waals surface area contributed by atoms with Gasteiger partial charge in [-0.1, -0.05) is 6.92 Å². The fraction of sp³-hybridized carbons (Fsp3) is 1.00. The first-order chi connectivity index (χ1) is 8.02. The van der Waals surface area contributed by atoms with Crippen LogP contribution in [0.25, 0.3) is 0 Å². The number of nitrogens with two attached hydrogens (primary N) is 1. The molecule has 4 heteroatoms. The highest BCUT2D eigenvalue weighted by molar-refractivity contribution is 4.84. The van der Waals surface area contributed by atoms with Crippen molar-refractivity contribution in [2.45, 2.75) is 57.2 Å². The Labute approximate surface area is 105 Å². The van der Waals surface area contributed by atoms with Crippen LogP contribution in [0.5, 0.6) is 0 Å². The van der Waals surface area contributed by atoms with Crippen LogP contribution in [-0.2, 0) is 4.74 Å². The van der Waals surface area contributed by atoms with Crippen LogP contribution < -0.4 is 5.73 Å². The van der Waals surface area contributed by atoms with Crippen molar-refractivity contribution < 1.29 is 9.84 Å². The Hall–Kier alpha value is -0.160. The Bertz CT molecular complexity index is 219. The quantitative estimate of drug-likeness (QED) is 0.701. The van der Waals surface area contributed by atoms with Gasteiger partial charge in [-0.15, -0.1) is 0 Å². The van der Waals surface area contributed by atoms with E-state index in [0.717, 1.165) is 38.8 Å². The Morgan fingerprint density at radius 2 is 2.24 bits per heavy atom. The first kappa shape index (κ1) is 14.9. The zero-order valence-electron chi connectivity index (χ0n) is 11.5. The highest BCUT2D eigenvalue weighted by atomic mass is 16.5. The summed E-state index contributed by atoms with van der Waals surface area (Å²) in [5.41, 5.74) is 5.68. The summed E-state index contributed by atoms with van der Waals surface area (Å²) in [4.78, 5) is 2.37. The summed E-state index contributed by atoms with van der Waals surface area (Å²) < 4.78 is 5.57. The molecule has 17 heavy (non-hydrogen) atoms. The molecule has 0 aliphatic carbocycles. The van der Waals surface area contributed by atoms with E-state index in [9.17, 15) is 5.11 Å². The van der Waals surface area contributed by atoms with E-state index in [0.29, 0.717) is 12.1 Å². The monoisotopic (exact) mass is 244 g/mol. The molecule has 1 aliphatic rings. The van der Waals surface area contributed by atoms with Crippen molar-refractivity contribution >= 4 is 0 Å². The van der Waals surface area contributed by atoms with Crippen molar-refractivity contribution in [2.75, 3.05) is 26.8 Å². The van der Waals surface area contributed by atoms with Gasteiger partial charge in [0.1, 0.15) is 0 Å². The summed E-state index contributed by atoms with van der Waals surface area (Å²) in [5.74, 6) is 0. The van der Waals surface area contributed by atoms with Gasteiger partial charge < -0.3 is 20.5 Å². The smallest absolute Gasteiger partial charge is 0.0702 e. The third-order valence-electron chi connectivity index (χ3n) is 4.11. The van der Waals surface area contributed by atoms with Crippen molar-refractivity contribution in [2.24, 2.45) is 5.73 Å². The van der Waals surface area contributed by atoms with Gasteiger partial charge in [0.15, 0.2) is 0 Å². The molecular formula is C13H28N2O2. The Morgan fingerprint density at radius 3 is 2.71 bits per heavy atom. The van der Waals surface area contributed by atoms with Crippen LogP contribution in [0.4, 0.5) is 0 Å². The summed E-state index contributed by atoms with van der Waals surface area (Å²) in [6.07, 6.45) is 4.21. The number of ether oxygens (including phenoxy) is 1. The van der Waals surface area contributed by atoms with Crippen LogP contribution in [0.15, 0.2) is 0 Å². The van der Waals surface area contributed by atoms with E-state index >= 15 is 0 Å². The predicted octanol–water partition coefficient (Wildman–Crippen LogP) is 0.976. The summed E-state index contributed by atoms with van der Waals surface area (Å²) in [7, 11) is 2.15. The molecule has 1 saturated heterocycles. The minimum atomic E-state index is -0.390. The molecule has 0 bridgehead atoms. The Balaban J connectivity index is 2.26. The van der Waals surface area contributed by atoms with Crippen LogP contribution >= 0.6 is 0 Å². The second-order valence-corrected chi connectivity index (χ2v) is 5.39. The van der Waals surface area contributed by atoms with E-state index in [4.69, 9.17) is 10.5 Å². The lowest BCUT2D eigenvalue weighted by atomic mass is 9.92. The SMILES string of the molecule is CCC(N)(CO)CCCN(C)C1CCOC1C. The fourth-order valence-corrected chi connectivity index (χ4v) is 2.51. The van der Waals surface area contributed by atoms with E-state index in [1.54, 1.807) is 0 Å². The maximum absolute atomic E-state index is 9.25. The molecule has 3 N–H and O–H groups in total. The lowest BCUT2D eigenvalue weighted by Gasteiger charge is -2.29. The topological polar surface area (TPSA) is 58.7 Å². The van der Waals surface area contributed by atoms with Gasteiger partial charge in [-0.2, -0.15) is 0 Å². The molecule has 1 aliphatic heterocycles. The first-order valence-electron chi connectivity index (χ1n) is 6.74. The largest absolute Gasteiger partial charge is 0.394 e. The normalized spacial score (nSPS) is 28.6. The minimum absolute atomic E-state index is 0.0795. The molecule has 1 rings (SSSR count). The van der Waals surface area contributed by atoms with Crippen molar-refractivity contribution in [1.82, 2.24) is 4.90 Å². The summed E-state index contributed by atoms with van der Waals surface area (Å²) in [5, 5.41) is 9.25. The Morgan fingerprint density at radius 1 is 1.53 bits per heavy atom. The number of aliphatic hydroxyl groups is 1. The molecular weight excluding hydrogens is 216 g/mol. The van der Waals surface area contributed by atoms with Crippen molar-refractivity contribution in [3.05, 3.63) is 0 Å². The van der Waals surface area contributed by atoms with Gasteiger partial charge in [0.05, 0.1) is 12.7 Å². The zero-order chi connectivity index (χ0) is 12.9. The molecule has 0 amide bonds. The minimum Gasteiger partial charge on any atom is -0.394 e. The summed E-state index contributed by atoms with van der Waals surface area (Å²) in [6.45, 7) is 6.16. The van der Waals surface area contributed by atoms with Gasteiger partial charge >= 0.3 is 0 Å². The maximum atomic E-state index is 9.25. The van der Waals surface area contributed by atoms with Gasteiger partial charge in [0, 0.05) is 18.2 Å². The molecule has 0 aromatic carbocycles. The van der Waals surface area contributed by atoms with Crippen molar-refractivity contribution in [1.29, 1.82) is 0 Å². The van der Waals surface area contributed by atoms with Crippen LogP contribution in [0, 0.1) is 0 Å². The number of hydrogen-bond acceptors (Lipinski definition) is 4. The van der Waals surface area contributed by atoms with Gasteiger partial charge in [0.2, 0.25) is 0 Å². The summed E-state index contributed by atoms with van der Waals surface area (Å²) >= 11 is 0. The van der Waals surface area contributed by atoms with Gasteiger partial charge in [0.25, 0.3) is 0 Å². The third kappa shape index (κ3) is 4.21. The van der Waals surface area contributed by atoms with E-state index in [1.807, 2.05) is 6.92 Å². The molecule has 0 spiro atoms. The Kier molecular flexibility index (Phi) is 5.86. The van der Waals surface area contributed by atoms with E-state index < -0.39 is 5.54 Å². The number of rotatable bonds is 7. The summed E-state index contributed by atoms with van der Waals surface area (Å²) in [6, 6.07) is 0.540. The van der Waals surface area contributed by atoms with Crippen LogP contribution in [0.3, 0.4) is 0 Å². The number of likely N-dealkylation sites (N-methyl/N-ethyl adjacent to an activating group) is 1. The number of aliphatic hydroxyl groups excluding tert-OH is 1. The molecule has 102 valence electrons. The maximum Gasteiger partial charge on any atom is 0.0702 e. The lowest BCUT2D eigenvalue weighted by Crippen LogP contribution is -2.44. The number of hydrogen-bond donors (Lipinski definition) is 2. The van der Waals surface area contributed by atoms with Crippen LogP contribution in [-0.4, -0.2) is 54.5 Å². The highest BCUT2D eigenvalue weighted by Crippen LogP contribution is 2.20. The van der Waals surface area contributed by atoms with Crippen molar-refractivity contribution in [3.63, 3.8) is 0 Å². The highest BCUT2D eigenvalue weighted by Gasteiger charge is 2.28. The zero-order valence-corrected chi connectivity index (χ0v) is 11.5. The molecule has 0 aromatic heterocycles. The van der Waals surface area contributed by atoms with Crippen LogP contribution in [0.2, 0.25) is 0 Å². The van der Waals surface area contributed by atoms with Crippen LogP contribution in [0.1, 0.15) is 39.5 Å². The average molecular weight is 244 g/mol. The van der Waals surface area contributed by atoms with Gasteiger partial charge in [-0.25, -0.2) is 0 Å². The lowest BCUT2D eigenvalue weighted by molar-refractivity contribution is 0.0816. The second kappa shape index (κ2) is 6.69. The molecule has 0 radical (unpaired) electrons. The predicted molar refractivity (Wildman–Crippen MR) is 70.0 cm³/mol. The molecule has 1 fully saturated rings. The molecule has 3 atom stereocenters. The standard InChI is InChI=1S/C13H28N2O2/c1-4-13(14,10-16)7-5-8-15(3)12-6-9-17-11(12)2/h11-12,16H,4-10,14H2,1-3H3. The molecule has 1 heterocycles. The molecule has 0 aromatic rings. The van der Waals surface area contributed by atoms with Gasteiger partial charge in [-0.05, 0) is 46.2 Å². The second-order valence-electron chi connectivity index (χ2n) is 5.39. The molecule has 0 saturated carbocycles.